The zero-order valence-electron chi connectivity index (χ0n) is 11.4. The SMILES string of the molecule is CCOc1nn(C)c(COc2ccccc2)c1C(=O)O. The molecule has 1 aromatic carbocycles. The van der Waals surface area contributed by atoms with E-state index in [9.17, 15) is 9.90 Å². The maximum Gasteiger partial charge on any atom is 0.343 e. The second-order valence-electron chi connectivity index (χ2n) is 4.09. The number of carboxylic acids is 1. The van der Waals surface area contributed by atoms with E-state index in [0.717, 1.165) is 0 Å². The molecule has 6 heteroatoms. The highest BCUT2D eigenvalue weighted by molar-refractivity contribution is 5.91. The normalized spacial score (nSPS) is 10.3. The van der Waals surface area contributed by atoms with Crippen LogP contribution in [0.3, 0.4) is 0 Å². The Morgan fingerprint density at radius 2 is 2.00 bits per heavy atom. The van der Waals surface area contributed by atoms with E-state index in [-0.39, 0.29) is 18.1 Å². The van der Waals surface area contributed by atoms with E-state index in [2.05, 4.69) is 5.10 Å². The Kier molecular flexibility index (Phi) is 4.24. The van der Waals surface area contributed by atoms with E-state index in [1.807, 2.05) is 18.2 Å². The fourth-order valence-electron chi connectivity index (χ4n) is 1.82. The van der Waals surface area contributed by atoms with Crippen LogP contribution in [0.4, 0.5) is 0 Å². The molecule has 0 spiro atoms. The number of carboxylic acid groups (broad SMARTS) is 1. The molecule has 0 bridgehead atoms. The Bertz CT molecular complexity index is 593. The van der Waals surface area contributed by atoms with Crippen molar-refractivity contribution in [3.63, 3.8) is 0 Å². The van der Waals surface area contributed by atoms with Crippen molar-refractivity contribution in [3.8, 4) is 11.6 Å². The Balaban J connectivity index is 2.24. The molecule has 2 aromatic rings. The molecule has 1 heterocycles. The number of para-hydroxylation sites is 1. The topological polar surface area (TPSA) is 73.6 Å². The van der Waals surface area contributed by atoms with Crippen molar-refractivity contribution in [2.24, 2.45) is 7.05 Å². The zero-order valence-corrected chi connectivity index (χ0v) is 11.4. The number of nitrogens with zero attached hydrogens (tertiary/aromatic N) is 2. The third-order valence-electron chi connectivity index (χ3n) is 2.75. The van der Waals surface area contributed by atoms with Gasteiger partial charge in [-0.3, -0.25) is 4.68 Å². The van der Waals surface area contributed by atoms with Crippen LogP contribution >= 0.6 is 0 Å². The van der Waals surface area contributed by atoms with Gasteiger partial charge in [0.1, 0.15) is 17.9 Å². The average Bonchev–Trinajstić information content (AvgIpc) is 2.74. The molecule has 0 saturated carbocycles. The number of hydrogen-bond donors (Lipinski definition) is 1. The number of aromatic nitrogens is 2. The van der Waals surface area contributed by atoms with Crippen molar-refractivity contribution in [2.75, 3.05) is 6.61 Å². The first-order valence-electron chi connectivity index (χ1n) is 6.23. The molecule has 0 aliphatic heterocycles. The van der Waals surface area contributed by atoms with Crippen LogP contribution in [0.15, 0.2) is 30.3 Å². The maximum absolute atomic E-state index is 11.4. The summed E-state index contributed by atoms with van der Waals surface area (Å²) in [5.74, 6) is -0.287. The molecule has 0 fully saturated rings. The largest absolute Gasteiger partial charge is 0.487 e. The van der Waals surface area contributed by atoms with E-state index in [1.165, 1.54) is 4.68 Å². The standard InChI is InChI=1S/C14H16N2O4/c1-3-19-13-12(14(17)18)11(16(2)15-13)9-20-10-7-5-4-6-8-10/h4-8H,3,9H2,1-2H3,(H,17,18). The first-order valence-corrected chi connectivity index (χ1v) is 6.23. The summed E-state index contributed by atoms with van der Waals surface area (Å²) >= 11 is 0. The fraction of sp³-hybridized carbons (Fsp3) is 0.286. The van der Waals surface area contributed by atoms with Gasteiger partial charge in [-0.05, 0) is 19.1 Å². The summed E-state index contributed by atoms with van der Waals surface area (Å²) in [6.07, 6.45) is 0. The second kappa shape index (κ2) is 6.10. The van der Waals surface area contributed by atoms with Gasteiger partial charge in [0.2, 0.25) is 5.88 Å². The van der Waals surface area contributed by atoms with Crippen LogP contribution < -0.4 is 9.47 Å². The van der Waals surface area contributed by atoms with Gasteiger partial charge in [-0.1, -0.05) is 18.2 Å². The van der Waals surface area contributed by atoms with Gasteiger partial charge in [0, 0.05) is 7.05 Å². The summed E-state index contributed by atoms with van der Waals surface area (Å²) in [6.45, 7) is 2.25. The Morgan fingerprint density at radius 3 is 2.60 bits per heavy atom. The number of benzene rings is 1. The lowest BCUT2D eigenvalue weighted by molar-refractivity contribution is 0.0689. The van der Waals surface area contributed by atoms with Crippen molar-refractivity contribution in [2.45, 2.75) is 13.5 Å². The minimum atomic E-state index is -1.08. The van der Waals surface area contributed by atoms with Gasteiger partial charge in [0.05, 0.1) is 12.3 Å². The van der Waals surface area contributed by atoms with Crippen LogP contribution in [0.1, 0.15) is 23.0 Å². The van der Waals surface area contributed by atoms with E-state index < -0.39 is 5.97 Å². The lowest BCUT2D eigenvalue weighted by atomic mass is 10.2. The maximum atomic E-state index is 11.4. The van der Waals surface area contributed by atoms with Gasteiger partial charge >= 0.3 is 5.97 Å². The monoisotopic (exact) mass is 276 g/mol. The van der Waals surface area contributed by atoms with Gasteiger partial charge in [-0.2, -0.15) is 0 Å². The highest BCUT2D eigenvalue weighted by Crippen LogP contribution is 2.23. The first-order chi connectivity index (χ1) is 9.63. The van der Waals surface area contributed by atoms with Crippen molar-refractivity contribution in [1.82, 2.24) is 9.78 Å². The van der Waals surface area contributed by atoms with Crippen LogP contribution in [-0.2, 0) is 13.7 Å². The minimum Gasteiger partial charge on any atom is -0.487 e. The van der Waals surface area contributed by atoms with Crippen molar-refractivity contribution in [1.29, 1.82) is 0 Å². The van der Waals surface area contributed by atoms with Gasteiger partial charge in [-0.15, -0.1) is 5.10 Å². The average molecular weight is 276 g/mol. The number of aromatic carboxylic acids is 1. The summed E-state index contributed by atoms with van der Waals surface area (Å²) in [4.78, 5) is 11.4. The quantitative estimate of drug-likeness (QED) is 0.874. The smallest absolute Gasteiger partial charge is 0.343 e. The fourth-order valence-corrected chi connectivity index (χ4v) is 1.82. The van der Waals surface area contributed by atoms with Crippen LogP contribution in [-0.4, -0.2) is 27.5 Å². The summed E-state index contributed by atoms with van der Waals surface area (Å²) in [6, 6.07) is 9.19. The summed E-state index contributed by atoms with van der Waals surface area (Å²) < 4.78 is 12.3. The Hall–Kier alpha value is -2.50. The highest BCUT2D eigenvalue weighted by atomic mass is 16.5. The van der Waals surface area contributed by atoms with Crippen molar-refractivity contribution >= 4 is 5.97 Å². The van der Waals surface area contributed by atoms with Gasteiger partial charge < -0.3 is 14.6 Å². The first kappa shape index (κ1) is 13.9. The Morgan fingerprint density at radius 1 is 1.30 bits per heavy atom. The molecule has 0 aliphatic rings. The Labute approximate surface area is 116 Å². The predicted molar refractivity (Wildman–Crippen MR) is 72.1 cm³/mol. The summed E-state index contributed by atoms with van der Waals surface area (Å²) in [5, 5.41) is 13.4. The third-order valence-corrected chi connectivity index (χ3v) is 2.75. The lowest BCUT2D eigenvalue weighted by Crippen LogP contribution is -2.09. The third kappa shape index (κ3) is 2.90. The molecule has 0 atom stereocenters. The van der Waals surface area contributed by atoms with E-state index in [0.29, 0.717) is 18.1 Å². The molecule has 1 N–H and O–H groups in total. The van der Waals surface area contributed by atoms with Crippen LogP contribution in [0, 0.1) is 0 Å². The molecule has 20 heavy (non-hydrogen) atoms. The predicted octanol–water partition coefficient (Wildman–Crippen LogP) is 2.10. The molecule has 0 radical (unpaired) electrons. The number of carbonyl (C=O) groups is 1. The molecule has 0 unspecified atom stereocenters. The van der Waals surface area contributed by atoms with Crippen LogP contribution in [0.5, 0.6) is 11.6 Å². The van der Waals surface area contributed by atoms with E-state index in [1.54, 1.807) is 26.1 Å². The van der Waals surface area contributed by atoms with Gasteiger partial charge in [-0.25, -0.2) is 4.79 Å². The highest BCUT2D eigenvalue weighted by Gasteiger charge is 2.23. The molecule has 1 aromatic heterocycles. The minimum absolute atomic E-state index is 0.0466. The van der Waals surface area contributed by atoms with E-state index in [4.69, 9.17) is 9.47 Å². The molecule has 0 aliphatic carbocycles. The van der Waals surface area contributed by atoms with E-state index >= 15 is 0 Å². The molecule has 0 amide bonds. The molecule has 106 valence electrons. The molecule has 2 rings (SSSR count). The summed E-state index contributed by atoms with van der Waals surface area (Å²) in [5.41, 5.74) is 0.509. The van der Waals surface area contributed by atoms with Gasteiger partial charge in [0.25, 0.3) is 0 Å². The molecular formula is C14H16N2O4. The molecule has 6 nitrogen and oxygen atoms in total. The molecule has 0 saturated heterocycles. The van der Waals surface area contributed by atoms with Crippen LogP contribution in [0.2, 0.25) is 0 Å². The van der Waals surface area contributed by atoms with Gasteiger partial charge in [0.15, 0.2) is 0 Å². The lowest BCUT2D eigenvalue weighted by Gasteiger charge is -2.07. The zero-order chi connectivity index (χ0) is 14.5. The number of hydrogen-bond acceptors (Lipinski definition) is 4. The van der Waals surface area contributed by atoms with Crippen molar-refractivity contribution in [3.05, 3.63) is 41.6 Å². The summed E-state index contributed by atoms with van der Waals surface area (Å²) in [7, 11) is 1.67. The number of ether oxygens (including phenoxy) is 2. The number of aryl methyl sites for hydroxylation is 1. The van der Waals surface area contributed by atoms with Crippen LogP contribution in [0.25, 0.3) is 0 Å². The second-order valence-corrected chi connectivity index (χ2v) is 4.09. The molecular weight excluding hydrogens is 260 g/mol. The number of rotatable bonds is 6. The van der Waals surface area contributed by atoms with Crippen molar-refractivity contribution < 1.29 is 19.4 Å².